The first kappa shape index (κ1) is 20.5. The lowest BCUT2D eigenvalue weighted by atomic mass is 10.2. The summed E-state index contributed by atoms with van der Waals surface area (Å²) >= 11 is 0. The molecule has 0 radical (unpaired) electrons. The van der Waals surface area contributed by atoms with Crippen LogP contribution in [-0.2, 0) is 14.3 Å². The number of hydrogen-bond acceptors (Lipinski definition) is 6. The highest BCUT2D eigenvalue weighted by molar-refractivity contribution is 5.95. The van der Waals surface area contributed by atoms with Gasteiger partial charge >= 0.3 is 5.97 Å². The quantitative estimate of drug-likeness (QED) is 0.581. The Morgan fingerprint density at radius 1 is 0.929 bits per heavy atom. The maximum atomic E-state index is 12.1. The van der Waals surface area contributed by atoms with Gasteiger partial charge in [0, 0.05) is 5.56 Å². The molecule has 2 amide bonds. The van der Waals surface area contributed by atoms with Gasteiger partial charge in [-0.2, -0.15) is 5.26 Å². The summed E-state index contributed by atoms with van der Waals surface area (Å²) in [6, 6.07) is 16.5. The Balaban J connectivity index is 1.80. The predicted molar refractivity (Wildman–Crippen MR) is 98.9 cm³/mol. The lowest BCUT2D eigenvalue weighted by Gasteiger charge is -2.18. The van der Waals surface area contributed by atoms with Gasteiger partial charge in [-0.05, 0) is 50.2 Å². The third-order valence-corrected chi connectivity index (χ3v) is 3.63. The van der Waals surface area contributed by atoms with Gasteiger partial charge in [-0.25, -0.2) is 4.79 Å². The summed E-state index contributed by atoms with van der Waals surface area (Å²) in [6.45, 7) is 2.85. The molecule has 0 saturated heterocycles. The molecule has 2 rings (SSSR count). The Morgan fingerprint density at radius 3 is 2.18 bits per heavy atom. The predicted octanol–water partition coefficient (Wildman–Crippen LogP) is 1.72. The molecule has 8 heteroatoms. The van der Waals surface area contributed by atoms with Crippen LogP contribution in [0.3, 0.4) is 0 Å². The molecule has 2 aromatic rings. The van der Waals surface area contributed by atoms with E-state index in [0.717, 1.165) is 0 Å². The van der Waals surface area contributed by atoms with Gasteiger partial charge in [-0.1, -0.05) is 18.2 Å². The van der Waals surface area contributed by atoms with Crippen molar-refractivity contribution >= 4 is 17.8 Å². The molecule has 8 nitrogen and oxygen atoms in total. The molecule has 144 valence electrons. The van der Waals surface area contributed by atoms with Crippen LogP contribution in [0.1, 0.15) is 29.8 Å². The summed E-state index contributed by atoms with van der Waals surface area (Å²) in [7, 11) is 0. The first-order valence-corrected chi connectivity index (χ1v) is 8.43. The van der Waals surface area contributed by atoms with E-state index in [1.807, 2.05) is 6.07 Å². The van der Waals surface area contributed by atoms with Crippen LogP contribution in [0.2, 0.25) is 0 Å². The zero-order valence-corrected chi connectivity index (χ0v) is 15.3. The standard InChI is InChI=1S/C20H19N3O5/c1-13(18(24)22-23-19(25)16-6-4-3-5-7-16)28-20(26)14(2)27-17-10-8-15(12-21)9-11-17/h3-11,13-14H,1-2H3,(H,22,24)(H,23,25)/t13-,14+/m0/s1. The molecule has 0 bridgehead atoms. The van der Waals surface area contributed by atoms with Crippen molar-refractivity contribution in [3.8, 4) is 11.8 Å². The van der Waals surface area contributed by atoms with E-state index >= 15 is 0 Å². The second-order valence-corrected chi connectivity index (χ2v) is 5.78. The molecule has 0 saturated carbocycles. The van der Waals surface area contributed by atoms with Crippen molar-refractivity contribution in [1.29, 1.82) is 5.26 Å². The van der Waals surface area contributed by atoms with Gasteiger partial charge < -0.3 is 9.47 Å². The first-order valence-electron chi connectivity index (χ1n) is 8.43. The molecule has 0 fully saturated rings. The maximum absolute atomic E-state index is 12.1. The molecular formula is C20H19N3O5. The normalized spacial score (nSPS) is 12.0. The van der Waals surface area contributed by atoms with Crippen molar-refractivity contribution < 1.29 is 23.9 Å². The molecule has 0 unspecified atom stereocenters. The van der Waals surface area contributed by atoms with Crippen molar-refractivity contribution in [3.63, 3.8) is 0 Å². The number of ether oxygens (including phenoxy) is 2. The Labute approximate surface area is 162 Å². The van der Waals surface area contributed by atoms with Crippen molar-refractivity contribution in [2.75, 3.05) is 0 Å². The SMILES string of the molecule is C[C@H](OC(=O)[C@@H](C)Oc1ccc(C#N)cc1)C(=O)NNC(=O)c1ccccc1. The third kappa shape index (κ3) is 5.85. The number of carbonyl (C=O) groups excluding carboxylic acids is 3. The number of nitriles is 1. The largest absolute Gasteiger partial charge is 0.479 e. The number of benzene rings is 2. The molecule has 28 heavy (non-hydrogen) atoms. The highest BCUT2D eigenvalue weighted by atomic mass is 16.6. The molecule has 0 aliphatic rings. The van der Waals surface area contributed by atoms with E-state index < -0.39 is 30.0 Å². The fourth-order valence-corrected chi connectivity index (χ4v) is 2.07. The van der Waals surface area contributed by atoms with E-state index in [-0.39, 0.29) is 0 Å². The molecular weight excluding hydrogens is 362 g/mol. The maximum Gasteiger partial charge on any atom is 0.347 e. The summed E-state index contributed by atoms with van der Waals surface area (Å²) in [4.78, 5) is 35.9. The van der Waals surface area contributed by atoms with Gasteiger partial charge in [-0.15, -0.1) is 0 Å². The summed E-state index contributed by atoms with van der Waals surface area (Å²) in [5, 5.41) is 8.76. The van der Waals surface area contributed by atoms with Crippen molar-refractivity contribution in [3.05, 3.63) is 65.7 Å². The summed E-state index contributed by atoms with van der Waals surface area (Å²) in [6.07, 6.45) is -2.11. The number of amides is 2. The summed E-state index contributed by atoms with van der Waals surface area (Å²) in [5.41, 5.74) is 5.28. The van der Waals surface area contributed by atoms with Crippen molar-refractivity contribution in [2.24, 2.45) is 0 Å². The number of carbonyl (C=O) groups is 3. The Kier molecular flexibility index (Phi) is 7.11. The van der Waals surface area contributed by atoms with E-state index in [0.29, 0.717) is 16.9 Å². The van der Waals surface area contributed by atoms with Crippen LogP contribution in [0.25, 0.3) is 0 Å². The minimum atomic E-state index is -1.14. The van der Waals surface area contributed by atoms with Gasteiger partial charge in [0.05, 0.1) is 11.6 Å². The van der Waals surface area contributed by atoms with E-state index in [1.54, 1.807) is 54.6 Å². The molecule has 2 aromatic carbocycles. The zero-order chi connectivity index (χ0) is 20.5. The Hall–Kier alpha value is -3.86. The van der Waals surface area contributed by atoms with E-state index in [4.69, 9.17) is 14.7 Å². The zero-order valence-electron chi connectivity index (χ0n) is 15.3. The number of nitrogens with zero attached hydrogens (tertiary/aromatic N) is 1. The second kappa shape index (κ2) is 9.73. The fourth-order valence-electron chi connectivity index (χ4n) is 2.07. The van der Waals surface area contributed by atoms with Crippen LogP contribution < -0.4 is 15.6 Å². The second-order valence-electron chi connectivity index (χ2n) is 5.78. The molecule has 0 aromatic heterocycles. The topological polar surface area (TPSA) is 118 Å². The highest BCUT2D eigenvalue weighted by Crippen LogP contribution is 2.14. The van der Waals surface area contributed by atoms with Crippen LogP contribution in [0.15, 0.2) is 54.6 Å². The lowest BCUT2D eigenvalue weighted by molar-refractivity contribution is -0.161. The average molecular weight is 381 g/mol. The van der Waals surface area contributed by atoms with Gasteiger partial charge in [0.1, 0.15) is 5.75 Å². The highest BCUT2D eigenvalue weighted by Gasteiger charge is 2.23. The number of nitrogens with one attached hydrogen (secondary N) is 2. The first-order chi connectivity index (χ1) is 13.4. The average Bonchev–Trinajstić information content (AvgIpc) is 2.72. The number of hydrogen-bond donors (Lipinski definition) is 2. The number of hydrazine groups is 1. The fraction of sp³-hybridized carbons (Fsp3) is 0.200. The minimum Gasteiger partial charge on any atom is -0.479 e. The van der Waals surface area contributed by atoms with Gasteiger partial charge in [-0.3, -0.25) is 20.4 Å². The minimum absolute atomic E-state index is 0.372. The van der Waals surface area contributed by atoms with E-state index in [2.05, 4.69) is 10.9 Å². The Bertz CT molecular complexity index is 875. The van der Waals surface area contributed by atoms with Gasteiger partial charge in [0.15, 0.2) is 12.2 Å². The lowest BCUT2D eigenvalue weighted by Crippen LogP contribution is -2.47. The van der Waals surface area contributed by atoms with Crippen molar-refractivity contribution in [1.82, 2.24) is 10.9 Å². The molecule has 0 spiro atoms. The van der Waals surface area contributed by atoms with Crippen LogP contribution in [0.4, 0.5) is 0 Å². The third-order valence-electron chi connectivity index (χ3n) is 3.63. The molecule has 0 aliphatic carbocycles. The number of rotatable bonds is 6. The van der Waals surface area contributed by atoms with Gasteiger partial charge in [0.2, 0.25) is 0 Å². The summed E-state index contributed by atoms with van der Waals surface area (Å²) < 4.78 is 10.5. The molecule has 0 aliphatic heterocycles. The monoisotopic (exact) mass is 381 g/mol. The molecule has 2 atom stereocenters. The number of esters is 1. The molecule has 0 heterocycles. The van der Waals surface area contributed by atoms with Crippen LogP contribution in [0, 0.1) is 11.3 Å². The van der Waals surface area contributed by atoms with Crippen LogP contribution in [0.5, 0.6) is 5.75 Å². The summed E-state index contributed by atoms with van der Waals surface area (Å²) in [5.74, 6) is -1.55. The smallest absolute Gasteiger partial charge is 0.347 e. The van der Waals surface area contributed by atoms with Crippen molar-refractivity contribution in [2.45, 2.75) is 26.1 Å². The van der Waals surface area contributed by atoms with E-state index in [9.17, 15) is 14.4 Å². The van der Waals surface area contributed by atoms with E-state index in [1.165, 1.54) is 13.8 Å². The van der Waals surface area contributed by atoms with Crippen LogP contribution in [-0.4, -0.2) is 30.0 Å². The van der Waals surface area contributed by atoms with Crippen LogP contribution >= 0.6 is 0 Å². The Morgan fingerprint density at radius 2 is 1.57 bits per heavy atom. The molecule has 2 N–H and O–H groups in total. The van der Waals surface area contributed by atoms with Gasteiger partial charge in [0.25, 0.3) is 11.8 Å².